The lowest BCUT2D eigenvalue weighted by Crippen LogP contribution is -1.98. The van der Waals surface area contributed by atoms with Crippen LogP contribution in [0.1, 0.15) is 10.4 Å². The fourth-order valence-corrected chi connectivity index (χ4v) is 2.59. The third-order valence-electron chi connectivity index (χ3n) is 2.97. The number of aromatic amines is 1. The summed E-state index contributed by atoms with van der Waals surface area (Å²) < 4.78 is 27.0. The van der Waals surface area contributed by atoms with E-state index in [1.165, 1.54) is 18.2 Å². The van der Waals surface area contributed by atoms with Gasteiger partial charge in [-0.15, -0.1) is 0 Å². The molecule has 0 spiro atoms. The number of nitrogens with zero attached hydrogens (tertiary/aromatic N) is 1. The lowest BCUT2D eigenvalue weighted by Gasteiger charge is -2.00. The molecule has 0 atom stereocenters. The van der Waals surface area contributed by atoms with Crippen molar-refractivity contribution in [1.82, 2.24) is 9.97 Å². The van der Waals surface area contributed by atoms with Crippen LogP contribution in [0.25, 0.3) is 22.4 Å². The van der Waals surface area contributed by atoms with Gasteiger partial charge in [0.2, 0.25) is 0 Å². The quantitative estimate of drug-likeness (QED) is 0.733. The van der Waals surface area contributed by atoms with E-state index < -0.39 is 17.6 Å². The first-order valence-electron chi connectivity index (χ1n) is 5.83. The maximum Gasteiger partial charge on any atom is 0.338 e. The third kappa shape index (κ3) is 2.40. The van der Waals surface area contributed by atoms with Crippen LogP contribution in [0.15, 0.2) is 34.8 Å². The van der Waals surface area contributed by atoms with Gasteiger partial charge in [-0.05, 0) is 46.3 Å². The van der Waals surface area contributed by atoms with Crippen LogP contribution in [0.2, 0.25) is 0 Å². The molecule has 7 heteroatoms. The number of benzene rings is 2. The van der Waals surface area contributed by atoms with Gasteiger partial charge in [-0.3, -0.25) is 0 Å². The first-order valence-corrected chi connectivity index (χ1v) is 6.63. The van der Waals surface area contributed by atoms with Crippen LogP contribution in [0.5, 0.6) is 0 Å². The number of hydrogen-bond donors (Lipinski definition) is 2. The van der Waals surface area contributed by atoms with Crippen molar-refractivity contribution in [1.29, 1.82) is 0 Å². The van der Waals surface area contributed by atoms with Crippen LogP contribution in [0.4, 0.5) is 8.78 Å². The number of carboxylic acids is 1. The number of halogens is 3. The van der Waals surface area contributed by atoms with Gasteiger partial charge in [-0.25, -0.2) is 18.6 Å². The average Bonchev–Trinajstić information content (AvgIpc) is 2.80. The Kier molecular flexibility index (Phi) is 3.21. The largest absolute Gasteiger partial charge is 0.478 e. The van der Waals surface area contributed by atoms with E-state index in [0.717, 1.165) is 12.1 Å². The molecule has 0 aliphatic rings. The molecule has 0 bridgehead atoms. The van der Waals surface area contributed by atoms with Crippen LogP contribution >= 0.6 is 15.9 Å². The van der Waals surface area contributed by atoms with Gasteiger partial charge in [0.05, 0.1) is 11.1 Å². The van der Waals surface area contributed by atoms with E-state index >= 15 is 0 Å². The average molecular weight is 353 g/mol. The minimum absolute atomic E-state index is 0.148. The molecule has 0 aliphatic carbocycles. The van der Waals surface area contributed by atoms with Crippen LogP contribution in [0.3, 0.4) is 0 Å². The first kappa shape index (κ1) is 13.7. The Bertz CT molecular complexity index is 877. The molecule has 3 rings (SSSR count). The molecule has 2 aromatic carbocycles. The van der Waals surface area contributed by atoms with Gasteiger partial charge in [0.1, 0.15) is 23.0 Å². The number of carbonyl (C=O) groups is 1. The van der Waals surface area contributed by atoms with Crippen molar-refractivity contribution in [3.05, 3.63) is 52.0 Å². The number of fused-ring (bicyclic) bond motifs is 1. The predicted molar refractivity (Wildman–Crippen MR) is 76.1 cm³/mol. The van der Waals surface area contributed by atoms with Gasteiger partial charge in [-0.2, -0.15) is 0 Å². The van der Waals surface area contributed by atoms with Gasteiger partial charge >= 0.3 is 5.97 Å². The Morgan fingerprint density at radius 2 is 1.95 bits per heavy atom. The first-order chi connectivity index (χ1) is 9.95. The second-order valence-corrected chi connectivity index (χ2v) is 5.22. The highest BCUT2D eigenvalue weighted by Gasteiger charge is 2.16. The molecule has 2 N–H and O–H groups in total. The fraction of sp³-hybridized carbons (Fsp3) is 0. The molecular weight excluding hydrogens is 346 g/mol. The normalized spacial score (nSPS) is 11.0. The van der Waals surface area contributed by atoms with Crippen LogP contribution in [-0.4, -0.2) is 21.0 Å². The van der Waals surface area contributed by atoms with E-state index in [2.05, 4.69) is 25.9 Å². The SMILES string of the molecule is O=C(O)c1cc(F)cc2[nH]c(-c3ccc(F)cc3Br)nc12. The smallest absolute Gasteiger partial charge is 0.338 e. The molecule has 0 radical (unpaired) electrons. The summed E-state index contributed by atoms with van der Waals surface area (Å²) in [5, 5.41) is 9.10. The Hall–Kier alpha value is -2.28. The topological polar surface area (TPSA) is 66.0 Å². The van der Waals surface area contributed by atoms with E-state index in [4.69, 9.17) is 5.11 Å². The Labute approximate surface area is 125 Å². The fourth-order valence-electron chi connectivity index (χ4n) is 2.05. The van der Waals surface area contributed by atoms with Crippen LogP contribution in [0, 0.1) is 11.6 Å². The summed E-state index contributed by atoms with van der Waals surface area (Å²) in [5.41, 5.74) is 0.726. The monoisotopic (exact) mass is 352 g/mol. The van der Waals surface area contributed by atoms with E-state index in [0.29, 0.717) is 15.9 Å². The summed E-state index contributed by atoms with van der Waals surface area (Å²) in [6.45, 7) is 0. The highest BCUT2D eigenvalue weighted by molar-refractivity contribution is 9.10. The molecular formula is C14H7BrF2N2O2. The molecule has 0 saturated heterocycles. The molecule has 106 valence electrons. The summed E-state index contributed by atoms with van der Waals surface area (Å²) >= 11 is 3.21. The zero-order chi connectivity index (χ0) is 15.1. The summed E-state index contributed by atoms with van der Waals surface area (Å²) in [4.78, 5) is 18.2. The number of aromatic nitrogens is 2. The van der Waals surface area contributed by atoms with Gasteiger partial charge in [0.15, 0.2) is 0 Å². The second-order valence-electron chi connectivity index (χ2n) is 4.36. The molecule has 21 heavy (non-hydrogen) atoms. The van der Waals surface area contributed by atoms with Gasteiger partial charge in [0.25, 0.3) is 0 Å². The summed E-state index contributed by atoms with van der Waals surface area (Å²) in [7, 11) is 0. The molecule has 1 heterocycles. The number of H-pyrrole nitrogens is 1. The molecule has 4 nitrogen and oxygen atoms in total. The minimum Gasteiger partial charge on any atom is -0.478 e. The van der Waals surface area contributed by atoms with Crippen molar-refractivity contribution in [3.8, 4) is 11.4 Å². The lowest BCUT2D eigenvalue weighted by atomic mass is 10.2. The Balaban J connectivity index is 2.26. The van der Waals surface area contributed by atoms with Crippen molar-refractivity contribution in [3.63, 3.8) is 0 Å². The summed E-state index contributed by atoms with van der Waals surface area (Å²) in [6.07, 6.45) is 0. The summed E-state index contributed by atoms with van der Waals surface area (Å²) in [6, 6.07) is 6.09. The van der Waals surface area contributed by atoms with E-state index in [1.807, 2.05) is 0 Å². The molecule has 0 aliphatic heterocycles. The van der Waals surface area contributed by atoms with Crippen molar-refractivity contribution in [2.24, 2.45) is 0 Å². The second kappa shape index (κ2) is 4.92. The summed E-state index contributed by atoms with van der Waals surface area (Å²) in [5.74, 6) is -2.03. The number of imidazole rings is 1. The highest BCUT2D eigenvalue weighted by atomic mass is 79.9. The van der Waals surface area contributed by atoms with Crippen molar-refractivity contribution in [2.45, 2.75) is 0 Å². The molecule has 0 saturated carbocycles. The van der Waals surface area contributed by atoms with E-state index in [1.54, 1.807) is 0 Å². The maximum absolute atomic E-state index is 13.4. The zero-order valence-corrected chi connectivity index (χ0v) is 11.9. The molecule has 0 unspecified atom stereocenters. The predicted octanol–water partition coefficient (Wildman–Crippen LogP) is 3.97. The standard InChI is InChI=1S/C14H7BrF2N2O2/c15-10-4-6(16)1-2-8(10)13-18-11-5-7(17)3-9(14(20)21)12(11)19-13/h1-5H,(H,18,19)(H,20,21). The van der Waals surface area contributed by atoms with Crippen molar-refractivity contribution in [2.75, 3.05) is 0 Å². The Morgan fingerprint density at radius 1 is 1.19 bits per heavy atom. The van der Waals surface area contributed by atoms with Gasteiger partial charge in [-0.1, -0.05) is 0 Å². The Morgan fingerprint density at radius 3 is 2.62 bits per heavy atom. The number of rotatable bonds is 2. The maximum atomic E-state index is 13.4. The van der Waals surface area contributed by atoms with Crippen LogP contribution in [-0.2, 0) is 0 Å². The zero-order valence-electron chi connectivity index (χ0n) is 10.3. The number of hydrogen-bond acceptors (Lipinski definition) is 2. The van der Waals surface area contributed by atoms with E-state index in [-0.39, 0.29) is 16.6 Å². The van der Waals surface area contributed by atoms with Crippen molar-refractivity contribution >= 4 is 32.9 Å². The third-order valence-corrected chi connectivity index (χ3v) is 3.62. The number of aromatic carboxylic acids is 1. The highest BCUT2D eigenvalue weighted by Crippen LogP contribution is 2.29. The molecule has 3 aromatic rings. The molecule has 0 amide bonds. The number of nitrogens with one attached hydrogen (secondary N) is 1. The van der Waals surface area contributed by atoms with Gasteiger partial charge in [0, 0.05) is 10.0 Å². The number of carboxylic acid groups (broad SMARTS) is 1. The van der Waals surface area contributed by atoms with Crippen LogP contribution < -0.4 is 0 Å². The van der Waals surface area contributed by atoms with E-state index in [9.17, 15) is 13.6 Å². The van der Waals surface area contributed by atoms with Crippen molar-refractivity contribution < 1.29 is 18.7 Å². The molecule has 1 aromatic heterocycles. The van der Waals surface area contributed by atoms with Gasteiger partial charge < -0.3 is 10.1 Å². The lowest BCUT2D eigenvalue weighted by molar-refractivity contribution is 0.0698. The molecule has 0 fully saturated rings. The minimum atomic E-state index is -1.27.